The summed E-state index contributed by atoms with van der Waals surface area (Å²) >= 11 is 0. The summed E-state index contributed by atoms with van der Waals surface area (Å²) < 4.78 is 25.6. The van der Waals surface area contributed by atoms with Gasteiger partial charge in [0.25, 0.3) is 0 Å². The van der Waals surface area contributed by atoms with Crippen molar-refractivity contribution in [1.29, 1.82) is 0 Å². The van der Waals surface area contributed by atoms with Crippen molar-refractivity contribution in [3.63, 3.8) is 0 Å². The molecule has 1 aliphatic rings. The van der Waals surface area contributed by atoms with Crippen molar-refractivity contribution in [1.82, 2.24) is 10.6 Å². The van der Waals surface area contributed by atoms with E-state index in [4.69, 9.17) is 0 Å². The molecule has 5 heteroatoms. The summed E-state index contributed by atoms with van der Waals surface area (Å²) in [5.74, 6) is -1.48. The number of rotatable bonds is 4. The lowest BCUT2D eigenvalue weighted by Crippen LogP contribution is -2.30. The molecule has 2 atom stereocenters. The summed E-state index contributed by atoms with van der Waals surface area (Å²) in [6.45, 7) is 2.54. The molecule has 1 fully saturated rings. The summed E-state index contributed by atoms with van der Waals surface area (Å²) in [5, 5.41) is 15.8. The van der Waals surface area contributed by atoms with Gasteiger partial charge in [-0.1, -0.05) is 6.07 Å². The zero-order chi connectivity index (χ0) is 12.3. The van der Waals surface area contributed by atoms with Crippen LogP contribution in [0.25, 0.3) is 0 Å². The van der Waals surface area contributed by atoms with E-state index in [9.17, 15) is 13.9 Å². The van der Waals surface area contributed by atoms with Crippen LogP contribution in [0.3, 0.4) is 0 Å². The molecule has 3 nitrogen and oxygen atoms in total. The molecule has 0 aromatic heterocycles. The highest BCUT2D eigenvalue weighted by atomic mass is 19.2. The Hall–Kier alpha value is -1.04. The fraction of sp³-hybridized carbons (Fsp3) is 0.500. The molecule has 1 heterocycles. The number of aliphatic hydroxyl groups is 1. The van der Waals surface area contributed by atoms with E-state index in [1.807, 2.05) is 0 Å². The number of hydrogen-bond donors (Lipinski definition) is 3. The molecule has 2 unspecified atom stereocenters. The molecule has 1 aliphatic heterocycles. The maximum atomic E-state index is 12.9. The van der Waals surface area contributed by atoms with E-state index in [0.29, 0.717) is 25.2 Å². The van der Waals surface area contributed by atoms with E-state index in [-0.39, 0.29) is 12.0 Å². The lowest BCUT2D eigenvalue weighted by molar-refractivity contribution is 0.146. The molecule has 1 aromatic rings. The molecule has 17 heavy (non-hydrogen) atoms. The van der Waals surface area contributed by atoms with Gasteiger partial charge in [-0.2, -0.15) is 0 Å². The van der Waals surface area contributed by atoms with Gasteiger partial charge in [0, 0.05) is 32.1 Å². The molecule has 0 saturated carbocycles. The second-order valence-electron chi connectivity index (χ2n) is 4.37. The van der Waals surface area contributed by atoms with Crippen LogP contribution in [0.5, 0.6) is 0 Å². The van der Waals surface area contributed by atoms with Crippen LogP contribution in [-0.4, -0.2) is 30.8 Å². The number of β-amino-alcohol motifs (C(OH)–C–C–N with tert-alkyl or cyclic N) is 1. The highest BCUT2D eigenvalue weighted by Crippen LogP contribution is 2.10. The smallest absolute Gasteiger partial charge is 0.159 e. The Morgan fingerprint density at radius 2 is 2.12 bits per heavy atom. The molecule has 3 N–H and O–H groups in total. The lowest BCUT2D eigenvalue weighted by atomic mass is 10.1. The lowest BCUT2D eigenvalue weighted by Gasteiger charge is -2.14. The molecular formula is C12H16F2N2O. The zero-order valence-electron chi connectivity index (χ0n) is 9.42. The summed E-state index contributed by atoms with van der Waals surface area (Å²) in [7, 11) is 0. The fourth-order valence-corrected chi connectivity index (χ4v) is 1.98. The van der Waals surface area contributed by atoms with Crippen LogP contribution in [0.15, 0.2) is 18.2 Å². The molecular weight excluding hydrogens is 226 g/mol. The summed E-state index contributed by atoms with van der Waals surface area (Å²) in [6.07, 6.45) is -0.326. The minimum atomic E-state index is -0.829. The first-order valence-electron chi connectivity index (χ1n) is 5.70. The van der Waals surface area contributed by atoms with Crippen molar-refractivity contribution < 1.29 is 13.9 Å². The van der Waals surface area contributed by atoms with E-state index in [2.05, 4.69) is 10.6 Å². The van der Waals surface area contributed by atoms with Crippen molar-refractivity contribution in [3.8, 4) is 0 Å². The van der Waals surface area contributed by atoms with Gasteiger partial charge < -0.3 is 15.7 Å². The molecule has 1 aromatic carbocycles. The Balaban J connectivity index is 1.79. The molecule has 1 saturated heterocycles. The van der Waals surface area contributed by atoms with Crippen LogP contribution in [0.1, 0.15) is 5.56 Å². The largest absolute Gasteiger partial charge is 0.391 e. The highest BCUT2D eigenvalue weighted by Gasteiger charge is 2.23. The van der Waals surface area contributed by atoms with Crippen molar-refractivity contribution in [2.45, 2.75) is 12.6 Å². The first kappa shape index (κ1) is 12.4. The number of halogens is 2. The van der Waals surface area contributed by atoms with Crippen molar-refractivity contribution in [2.24, 2.45) is 5.92 Å². The predicted octanol–water partition coefficient (Wildman–Crippen LogP) is 0.635. The number of benzene rings is 1. The van der Waals surface area contributed by atoms with E-state index in [0.717, 1.165) is 12.6 Å². The average Bonchev–Trinajstić information content (AvgIpc) is 2.70. The fourth-order valence-electron chi connectivity index (χ4n) is 1.98. The second-order valence-corrected chi connectivity index (χ2v) is 4.37. The number of aliphatic hydroxyl groups excluding tert-OH is 1. The van der Waals surface area contributed by atoms with Gasteiger partial charge in [0.15, 0.2) is 11.6 Å². The molecule has 2 rings (SSSR count). The van der Waals surface area contributed by atoms with Crippen LogP contribution < -0.4 is 10.6 Å². The van der Waals surface area contributed by atoms with Gasteiger partial charge in [0.2, 0.25) is 0 Å². The minimum absolute atomic E-state index is 0.181. The van der Waals surface area contributed by atoms with Crippen LogP contribution in [-0.2, 0) is 6.54 Å². The van der Waals surface area contributed by atoms with Crippen molar-refractivity contribution in [3.05, 3.63) is 35.4 Å². The Kier molecular flexibility index (Phi) is 4.04. The van der Waals surface area contributed by atoms with Crippen LogP contribution in [0.4, 0.5) is 8.78 Å². The standard InChI is InChI=1S/C12H16F2N2O/c13-10-2-1-8(3-11(10)14)4-15-5-9-6-16-7-12(9)17/h1-3,9,12,15-17H,4-7H2. The number of nitrogens with one attached hydrogen (secondary N) is 2. The molecule has 0 radical (unpaired) electrons. The van der Waals surface area contributed by atoms with Crippen molar-refractivity contribution in [2.75, 3.05) is 19.6 Å². The quantitative estimate of drug-likeness (QED) is 0.726. The molecule has 0 spiro atoms. The topological polar surface area (TPSA) is 44.3 Å². The molecule has 94 valence electrons. The third-order valence-electron chi connectivity index (χ3n) is 3.02. The maximum absolute atomic E-state index is 12.9. The first-order valence-corrected chi connectivity index (χ1v) is 5.70. The highest BCUT2D eigenvalue weighted by molar-refractivity contribution is 5.17. The monoisotopic (exact) mass is 242 g/mol. The summed E-state index contributed by atoms with van der Waals surface area (Å²) in [4.78, 5) is 0. The Bertz CT molecular complexity index is 387. The number of hydrogen-bond acceptors (Lipinski definition) is 3. The summed E-state index contributed by atoms with van der Waals surface area (Å²) in [6, 6.07) is 3.86. The molecule has 0 bridgehead atoms. The molecule has 0 aliphatic carbocycles. The third kappa shape index (κ3) is 3.21. The Labute approximate surface area is 98.8 Å². The van der Waals surface area contributed by atoms with E-state index in [1.165, 1.54) is 6.07 Å². The van der Waals surface area contributed by atoms with E-state index < -0.39 is 11.6 Å². The van der Waals surface area contributed by atoms with Crippen LogP contribution in [0.2, 0.25) is 0 Å². The van der Waals surface area contributed by atoms with Gasteiger partial charge >= 0.3 is 0 Å². The zero-order valence-corrected chi connectivity index (χ0v) is 9.42. The third-order valence-corrected chi connectivity index (χ3v) is 3.02. The van der Waals surface area contributed by atoms with Gasteiger partial charge in [-0.3, -0.25) is 0 Å². The Morgan fingerprint density at radius 3 is 2.76 bits per heavy atom. The van der Waals surface area contributed by atoms with E-state index >= 15 is 0 Å². The normalized spacial score (nSPS) is 24.2. The van der Waals surface area contributed by atoms with E-state index in [1.54, 1.807) is 6.07 Å². The SMILES string of the molecule is OC1CNCC1CNCc1ccc(F)c(F)c1. The minimum Gasteiger partial charge on any atom is -0.391 e. The summed E-state index contributed by atoms with van der Waals surface area (Å²) in [5.41, 5.74) is 0.698. The predicted molar refractivity (Wildman–Crippen MR) is 60.4 cm³/mol. The first-order chi connectivity index (χ1) is 8.16. The van der Waals surface area contributed by atoms with Gasteiger partial charge in [0.1, 0.15) is 0 Å². The average molecular weight is 242 g/mol. The Morgan fingerprint density at radius 1 is 1.29 bits per heavy atom. The van der Waals surface area contributed by atoms with Gasteiger partial charge in [-0.15, -0.1) is 0 Å². The molecule has 0 amide bonds. The van der Waals surface area contributed by atoms with Gasteiger partial charge in [-0.05, 0) is 17.7 Å². The van der Waals surface area contributed by atoms with Gasteiger partial charge in [0.05, 0.1) is 6.10 Å². The van der Waals surface area contributed by atoms with Gasteiger partial charge in [-0.25, -0.2) is 8.78 Å². The maximum Gasteiger partial charge on any atom is 0.159 e. The van der Waals surface area contributed by atoms with Crippen LogP contribution >= 0.6 is 0 Å². The van der Waals surface area contributed by atoms with Crippen LogP contribution in [0, 0.1) is 17.6 Å². The second kappa shape index (κ2) is 5.53. The van der Waals surface area contributed by atoms with Crippen molar-refractivity contribution >= 4 is 0 Å².